The van der Waals surface area contributed by atoms with Gasteiger partial charge in [-0.25, -0.2) is 0 Å². The largest absolute Gasteiger partial charge is 0.337 e. The van der Waals surface area contributed by atoms with Gasteiger partial charge in [-0.15, -0.1) is 0 Å². The molecule has 1 unspecified atom stereocenters. The first-order valence-corrected chi connectivity index (χ1v) is 9.33. The molecule has 2 heterocycles. The summed E-state index contributed by atoms with van der Waals surface area (Å²) >= 11 is 0. The first-order chi connectivity index (χ1) is 12.2. The average Bonchev–Trinajstić information content (AvgIpc) is 3.29. The quantitative estimate of drug-likeness (QED) is 0.931. The molecule has 1 aromatic carbocycles. The summed E-state index contributed by atoms with van der Waals surface area (Å²) in [5.41, 5.74) is 4.38. The molecule has 1 N–H and O–H groups in total. The molecule has 5 heteroatoms. The highest BCUT2D eigenvalue weighted by Crippen LogP contribution is 2.26. The van der Waals surface area contributed by atoms with Crippen LogP contribution in [-0.4, -0.2) is 39.7 Å². The van der Waals surface area contributed by atoms with Gasteiger partial charge in [-0.05, 0) is 37.7 Å². The van der Waals surface area contributed by atoms with Crippen molar-refractivity contribution in [1.29, 1.82) is 0 Å². The Bertz CT molecular complexity index is 747. The lowest BCUT2D eigenvalue weighted by atomic mass is 9.91. The molecular formula is C20H26N4O. The number of benzene rings is 1. The van der Waals surface area contributed by atoms with Crippen molar-refractivity contribution in [3.8, 4) is 0 Å². The van der Waals surface area contributed by atoms with E-state index >= 15 is 0 Å². The molecule has 0 bridgehead atoms. The molecule has 2 aromatic rings. The van der Waals surface area contributed by atoms with Crippen LogP contribution in [0.2, 0.25) is 0 Å². The monoisotopic (exact) mass is 338 g/mol. The number of hydrogen-bond donors (Lipinski definition) is 1. The topological polar surface area (TPSA) is 50.2 Å². The van der Waals surface area contributed by atoms with E-state index in [1.54, 1.807) is 0 Å². The van der Waals surface area contributed by atoms with Crippen LogP contribution in [0.3, 0.4) is 0 Å². The van der Waals surface area contributed by atoms with Crippen molar-refractivity contribution in [2.24, 2.45) is 7.05 Å². The Hall–Kier alpha value is -2.14. The molecule has 25 heavy (non-hydrogen) atoms. The summed E-state index contributed by atoms with van der Waals surface area (Å²) in [7, 11) is 1.97. The van der Waals surface area contributed by atoms with E-state index < -0.39 is 0 Å². The smallest absolute Gasteiger partial charge is 0.274 e. The summed E-state index contributed by atoms with van der Waals surface area (Å²) in [6, 6.07) is 10.9. The van der Waals surface area contributed by atoms with E-state index in [9.17, 15) is 4.79 Å². The highest BCUT2D eigenvalue weighted by Gasteiger charge is 2.31. The van der Waals surface area contributed by atoms with E-state index in [0.717, 1.165) is 57.3 Å². The van der Waals surface area contributed by atoms with Crippen LogP contribution in [0.5, 0.6) is 0 Å². The third-order valence-corrected chi connectivity index (χ3v) is 5.49. The van der Waals surface area contributed by atoms with Gasteiger partial charge in [0.25, 0.3) is 5.91 Å². The molecule has 0 saturated carbocycles. The molecule has 1 aliphatic heterocycles. The molecular weight excluding hydrogens is 312 g/mol. The molecule has 5 nitrogen and oxygen atoms in total. The molecule has 2 aliphatic rings. The van der Waals surface area contributed by atoms with Crippen LogP contribution in [0.1, 0.15) is 46.6 Å². The minimum absolute atomic E-state index is 0.123. The van der Waals surface area contributed by atoms with Crippen molar-refractivity contribution >= 4 is 5.91 Å². The Morgan fingerprint density at radius 3 is 2.76 bits per heavy atom. The summed E-state index contributed by atoms with van der Waals surface area (Å²) < 4.78 is 1.92. The maximum absolute atomic E-state index is 12.8. The summed E-state index contributed by atoms with van der Waals surface area (Å²) in [6.07, 6.45) is 5.20. The minimum atomic E-state index is 0.123. The van der Waals surface area contributed by atoms with Crippen molar-refractivity contribution in [3.05, 3.63) is 52.8 Å². The van der Waals surface area contributed by atoms with Crippen molar-refractivity contribution in [2.75, 3.05) is 13.1 Å². The number of amides is 1. The number of fused-ring (bicyclic) bond motifs is 1. The Morgan fingerprint density at radius 1 is 1.24 bits per heavy atom. The van der Waals surface area contributed by atoms with Gasteiger partial charge in [0.2, 0.25) is 0 Å². The van der Waals surface area contributed by atoms with Crippen LogP contribution < -0.4 is 5.32 Å². The van der Waals surface area contributed by atoms with Gasteiger partial charge >= 0.3 is 0 Å². The second-order valence-corrected chi connectivity index (χ2v) is 7.20. The van der Waals surface area contributed by atoms with E-state index in [1.165, 1.54) is 11.3 Å². The summed E-state index contributed by atoms with van der Waals surface area (Å²) in [5, 5.41) is 8.25. The molecule has 0 radical (unpaired) electrons. The van der Waals surface area contributed by atoms with Gasteiger partial charge < -0.3 is 10.2 Å². The number of carbonyl (C=O) groups is 1. The van der Waals surface area contributed by atoms with Crippen LogP contribution >= 0.6 is 0 Å². The number of aryl methyl sites for hydroxylation is 1. The number of hydrogen-bond acceptors (Lipinski definition) is 3. The second kappa shape index (κ2) is 7.00. The van der Waals surface area contributed by atoms with Crippen LogP contribution in [0.15, 0.2) is 30.3 Å². The number of likely N-dealkylation sites (tertiary alicyclic amines) is 1. The number of rotatable bonds is 4. The normalized spacial score (nSPS) is 19.9. The maximum Gasteiger partial charge on any atom is 0.274 e. The highest BCUT2D eigenvalue weighted by atomic mass is 16.2. The predicted molar refractivity (Wildman–Crippen MR) is 97.4 cm³/mol. The Morgan fingerprint density at radius 2 is 2.00 bits per heavy atom. The first kappa shape index (κ1) is 16.3. The predicted octanol–water partition coefficient (Wildman–Crippen LogP) is 2.30. The van der Waals surface area contributed by atoms with Gasteiger partial charge in [-0.1, -0.05) is 30.3 Å². The third kappa shape index (κ3) is 3.33. The fourth-order valence-electron chi connectivity index (χ4n) is 4.06. The number of nitrogens with zero attached hydrogens (tertiary/aromatic N) is 3. The van der Waals surface area contributed by atoms with Gasteiger partial charge in [-0.2, -0.15) is 5.10 Å². The number of nitrogens with one attached hydrogen (secondary N) is 1. The van der Waals surface area contributed by atoms with E-state index in [-0.39, 0.29) is 5.91 Å². The third-order valence-electron chi connectivity index (χ3n) is 5.49. The number of aromatic nitrogens is 2. The zero-order chi connectivity index (χ0) is 17.2. The van der Waals surface area contributed by atoms with E-state index in [2.05, 4.69) is 34.7 Å². The zero-order valence-electron chi connectivity index (χ0n) is 14.9. The SMILES string of the molecule is Cn1nc(C(=O)N2CCCC2)c2c1CCC(NCc1ccccc1)C2. The van der Waals surface area contributed by atoms with Crippen molar-refractivity contribution in [3.63, 3.8) is 0 Å². The van der Waals surface area contributed by atoms with E-state index in [1.807, 2.05) is 22.7 Å². The van der Waals surface area contributed by atoms with Crippen molar-refractivity contribution < 1.29 is 4.79 Å². The fourth-order valence-corrected chi connectivity index (χ4v) is 4.06. The molecule has 1 fully saturated rings. The van der Waals surface area contributed by atoms with Crippen LogP contribution in [0.4, 0.5) is 0 Å². The Labute approximate surface area is 149 Å². The van der Waals surface area contributed by atoms with Gasteiger partial charge in [0, 0.05) is 44.0 Å². The molecule has 4 rings (SSSR count). The van der Waals surface area contributed by atoms with E-state index in [0.29, 0.717) is 11.7 Å². The summed E-state index contributed by atoms with van der Waals surface area (Å²) in [4.78, 5) is 14.8. The molecule has 1 atom stereocenters. The molecule has 132 valence electrons. The molecule has 1 amide bonds. The molecule has 1 saturated heterocycles. The van der Waals surface area contributed by atoms with Gasteiger partial charge in [-0.3, -0.25) is 9.48 Å². The van der Waals surface area contributed by atoms with Gasteiger partial charge in [0.05, 0.1) is 0 Å². The van der Waals surface area contributed by atoms with Crippen LogP contribution in [0.25, 0.3) is 0 Å². The summed E-state index contributed by atoms with van der Waals surface area (Å²) in [5.74, 6) is 0.123. The van der Waals surface area contributed by atoms with Crippen molar-refractivity contribution in [2.45, 2.75) is 44.7 Å². The Kier molecular flexibility index (Phi) is 4.57. The lowest BCUT2D eigenvalue weighted by Crippen LogP contribution is -2.35. The fraction of sp³-hybridized carbons (Fsp3) is 0.500. The zero-order valence-corrected chi connectivity index (χ0v) is 14.9. The first-order valence-electron chi connectivity index (χ1n) is 9.33. The molecule has 1 aliphatic carbocycles. The molecule has 0 spiro atoms. The van der Waals surface area contributed by atoms with Crippen molar-refractivity contribution in [1.82, 2.24) is 20.0 Å². The standard InChI is InChI=1S/C20H26N4O/c1-23-18-10-9-16(21-14-15-7-3-2-4-8-15)13-17(18)19(22-23)20(25)24-11-5-6-12-24/h2-4,7-8,16,21H,5-6,9-14H2,1H3. The van der Waals surface area contributed by atoms with Crippen LogP contribution in [-0.2, 0) is 26.4 Å². The van der Waals surface area contributed by atoms with Gasteiger partial charge in [0.1, 0.15) is 0 Å². The summed E-state index contributed by atoms with van der Waals surface area (Å²) in [6.45, 7) is 2.62. The van der Waals surface area contributed by atoms with Crippen LogP contribution in [0, 0.1) is 0 Å². The Balaban J connectivity index is 1.48. The lowest BCUT2D eigenvalue weighted by molar-refractivity contribution is 0.0785. The van der Waals surface area contributed by atoms with Gasteiger partial charge in [0.15, 0.2) is 5.69 Å². The maximum atomic E-state index is 12.8. The lowest BCUT2D eigenvalue weighted by Gasteiger charge is -2.25. The average molecular weight is 338 g/mol. The highest BCUT2D eigenvalue weighted by molar-refractivity contribution is 5.94. The van der Waals surface area contributed by atoms with E-state index in [4.69, 9.17) is 0 Å². The molecule has 1 aromatic heterocycles. The minimum Gasteiger partial charge on any atom is -0.337 e. The number of carbonyl (C=O) groups excluding carboxylic acids is 1. The second-order valence-electron chi connectivity index (χ2n) is 7.20.